The van der Waals surface area contributed by atoms with E-state index in [1.807, 2.05) is 19.2 Å². The summed E-state index contributed by atoms with van der Waals surface area (Å²) in [5, 5.41) is 15.7. The van der Waals surface area contributed by atoms with Crippen LogP contribution in [0.3, 0.4) is 0 Å². The number of hydrogen-bond acceptors (Lipinski definition) is 7. The molecule has 1 aromatic heterocycles. The highest BCUT2D eigenvalue weighted by atomic mass is 79.9. The number of aryl methyl sites for hydroxylation is 1. The third-order valence-corrected chi connectivity index (χ3v) is 6.14. The number of rotatable bonds is 11. The summed E-state index contributed by atoms with van der Waals surface area (Å²) >= 11 is 5.23. The number of nitrogens with zero attached hydrogens (tertiary/aromatic N) is 4. The van der Waals surface area contributed by atoms with Crippen molar-refractivity contribution in [3.8, 4) is 11.5 Å². The first-order chi connectivity index (χ1) is 14.6. The normalized spacial score (nSPS) is 10.9. The maximum absolute atomic E-state index is 13.1. The molecule has 1 heterocycles. The van der Waals surface area contributed by atoms with Gasteiger partial charge < -0.3 is 14.8 Å². The largest absolute Gasteiger partial charge is 0.493 e. The molecule has 0 amide bonds. The number of halogens is 2. The van der Waals surface area contributed by atoms with Crippen LogP contribution in [0.4, 0.5) is 4.39 Å². The van der Waals surface area contributed by atoms with Crippen LogP contribution in [0.1, 0.15) is 17.5 Å². The first kappa shape index (κ1) is 22.5. The van der Waals surface area contributed by atoms with E-state index in [-0.39, 0.29) is 5.82 Å². The second-order valence-electron chi connectivity index (χ2n) is 6.44. The van der Waals surface area contributed by atoms with Crippen molar-refractivity contribution >= 4 is 27.7 Å². The minimum Gasteiger partial charge on any atom is -0.493 e. The molecule has 160 valence electrons. The quantitative estimate of drug-likeness (QED) is 0.318. The lowest BCUT2D eigenvalue weighted by molar-refractivity contribution is 0.280. The van der Waals surface area contributed by atoms with E-state index in [1.54, 1.807) is 35.7 Å². The molecule has 0 aliphatic rings. The van der Waals surface area contributed by atoms with Gasteiger partial charge in [-0.15, -0.1) is 5.10 Å². The van der Waals surface area contributed by atoms with Crippen LogP contribution in [0.2, 0.25) is 0 Å². The monoisotopic (exact) mass is 495 g/mol. The van der Waals surface area contributed by atoms with Crippen LogP contribution >= 0.6 is 27.7 Å². The summed E-state index contributed by atoms with van der Waals surface area (Å²) in [7, 11) is 3.44. The van der Waals surface area contributed by atoms with Crippen LogP contribution in [0.25, 0.3) is 0 Å². The summed E-state index contributed by atoms with van der Waals surface area (Å²) in [5.74, 6) is 1.97. The molecular formula is C20H23BrFN5O2S. The standard InChI is InChI=1S/C20H23BrFN5O2S/c1-27-20(24-25-26-27)30-11-3-10-23-12-16-17(21)8-9-18(28-2)19(16)29-13-14-4-6-15(22)7-5-14/h4-9,23H,3,10-13H2,1-2H3. The molecule has 0 spiro atoms. The van der Waals surface area contributed by atoms with Crippen LogP contribution < -0.4 is 14.8 Å². The summed E-state index contributed by atoms with van der Waals surface area (Å²) in [6.45, 7) is 1.77. The lowest BCUT2D eigenvalue weighted by Crippen LogP contribution is -2.17. The van der Waals surface area contributed by atoms with Crippen LogP contribution in [-0.2, 0) is 20.2 Å². The van der Waals surface area contributed by atoms with Crippen LogP contribution in [-0.4, -0.2) is 39.6 Å². The summed E-state index contributed by atoms with van der Waals surface area (Å²) < 4.78 is 27.3. The highest BCUT2D eigenvalue weighted by Gasteiger charge is 2.15. The summed E-state index contributed by atoms with van der Waals surface area (Å²) in [6, 6.07) is 10.1. The van der Waals surface area contributed by atoms with Crippen molar-refractivity contribution in [3.05, 3.63) is 57.8 Å². The maximum Gasteiger partial charge on any atom is 0.209 e. The average molecular weight is 496 g/mol. The number of thioether (sulfide) groups is 1. The highest BCUT2D eigenvalue weighted by Crippen LogP contribution is 2.36. The van der Waals surface area contributed by atoms with Gasteiger partial charge in [0, 0.05) is 29.4 Å². The van der Waals surface area contributed by atoms with Gasteiger partial charge in [-0.1, -0.05) is 39.8 Å². The summed E-state index contributed by atoms with van der Waals surface area (Å²) in [4.78, 5) is 0. The first-order valence-electron chi connectivity index (χ1n) is 9.37. The van der Waals surface area contributed by atoms with Crippen molar-refractivity contribution in [2.24, 2.45) is 7.05 Å². The molecule has 0 bridgehead atoms. The molecule has 0 radical (unpaired) electrons. The van der Waals surface area contributed by atoms with E-state index >= 15 is 0 Å². The zero-order valence-electron chi connectivity index (χ0n) is 16.8. The van der Waals surface area contributed by atoms with Gasteiger partial charge in [0.2, 0.25) is 5.16 Å². The Morgan fingerprint density at radius 3 is 2.70 bits per heavy atom. The molecule has 2 aromatic carbocycles. The number of methoxy groups -OCH3 is 1. The first-order valence-corrected chi connectivity index (χ1v) is 11.1. The Kier molecular flexibility index (Phi) is 8.47. The minimum absolute atomic E-state index is 0.266. The fourth-order valence-electron chi connectivity index (χ4n) is 2.72. The van der Waals surface area contributed by atoms with E-state index in [0.717, 1.165) is 39.5 Å². The molecule has 0 atom stereocenters. The molecule has 0 fully saturated rings. The van der Waals surface area contributed by atoms with Crippen molar-refractivity contribution in [1.29, 1.82) is 0 Å². The van der Waals surface area contributed by atoms with Gasteiger partial charge in [-0.3, -0.25) is 0 Å². The number of aromatic nitrogens is 4. The van der Waals surface area contributed by atoms with E-state index in [0.29, 0.717) is 24.7 Å². The Labute approximate surface area is 187 Å². The Morgan fingerprint density at radius 1 is 1.20 bits per heavy atom. The molecule has 10 heteroatoms. The fourth-order valence-corrected chi connectivity index (χ4v) is 3.96. The molecule has 7 nitrogen and oxygen atoms in total. The molecule has 30 heavy (non-hydrogen) atoms. The fraction of sp³-hybridized carbons (Fsp3) is 0.350. The minimum atomic E-state index is -0.266. The third kappa shape index (κ3) is 6.16. The van der Waals surface area contributed by atoms with Gasteiger partial charge in [0.05, 0.1) is 7.11 Å². The molecule has 3 aromatic rings. The number of benzene rings is 2. The van der Waals surface area contributed by atoms with Crippen molar-refractivity contribution < 1.29 is 13.9 Å². The SMILES string of the molecule is COc1ccc(Br)c(CNCCCSc2nnnn2C)c1OCc1ccc(F)cc1. The topological polar surface area (TPSA) is 74.1 Å². The molecule has 3 rings (SSSR count). The van der Waals surface area contributed by atoms with Crippen molar-refractivity contribution in [1.82, 2.24) is 25.5 Å². The van der Waals surface area contributed by atoms with Gasteiger partial charge in [-0.25, -0.2) is 9.07 Å². The van der Waals surface area contributed by atoms with Crippen LogP contribution in [0, 0.1) is 5.82 Å². The Bertz CT molecular complexity index is 955. The van der Waals surface area contributed by atoms with Crippen LogP contribution in [0.5, 0.6) is 11.5 Å². The Hall–Kier alpha value is -2.17. The third-order valence-electron chi connectivity index (χ3n) is 4.30. The van der Waals surface area contributed by atoms with Gasteiger partial charge >= 0.3 is 0 Å². The molecule has 0 unspecified atom stereocenters. The number of tetrazole rings is 1. The lowest BCUT2D eigenvalue weighted by atomic mass is 10.1. The Balaban J connectivity index is 1.56. The summed E-state index contributed by atoms with van der Waals surface area (Å²) in [5.41, 5.74) is 1.86. The predicted molar refractivity (Wildman–Crippen MR) is 117 cm³/mol. The Morgan fingerprint density at radius 2 is 2.00 bits per heavy atom. The van der Waals surface area contributed by atoms with Crippen LogP contribution in [0.15, 0.2) is 46.0 Å². The lowest BCUT2D eigenvalue weighted by Gasteiger charge is -2.17. The van der Waals surface area contributed by atoms with E-state index in [4.69, 9.17) is 9.47 Å². The van der Waals surface area contributed by atoms with Gasteiger partial charge in [-0.05, 0) is 53.2 Å². The maximum atomic E-state index is 13.1. The average Bonchev–Trinajstić information content (AvgIpc) is 3.16. The molecule has 0 aliphatic heterocycles. The predicted octanol–water partition coefficient (Wildman–Crippen LogP) is 3.97. The smallest absolute Gasteiger partial charge is 0.209 e. The number of hydrogen-bond donors (Lipinski definition) is 1. The van der Waals surface area contributed by atoms with Gasteiger partial charge in [0.15, 0.2) is 11.5 Å². The van der Waals surface area contributed by atoms with Gasteiger partial charge in [-0.2, -0.15) is 0 Å². The number of ether oxygens (including phenoxy) is 2. The van der Waals surface area contributed by atoms with E-state index in [2.05, 4.69) is 36.8 Å². The second kappa shape index (κ2) is 11.3. The van der Waals surface area contributed by atoms with E-state index in [9.17, 15) is 4.39 Å². The van der Waals surface area contributed by atoms with E-state index in [1.165, 1.54) is 12.1 Å². The zero-order valence-corrected chi connectivity index (χ0v) is 19.2. The molecular weight excluding hydrogens is 473 g/mol. The molecule has 0 saturated carbocycles. The zero-order chi connectivity index (χ0) is 21.3. The molecule has 0 aliphatic carbocycles. The van der Waals surface area contributed by atoms with Crippen molar-refractivity contribution in [2.75, 3.05) is 19.4 Å². The highest BCUT2D eigenvalue weighted by molar-refractivity contribution is 9.10. The van der Waals surface area contributed by atoms with Gasteiger partial charge in [0.25, 0.3) is 0 Å². The van der Waals surface area contributed by atoms with Crippen molar-refractivity contribution in [3.63, 3.8) is 0 Å². The summed E-state index contributed by atoms with van der Waals surface area (Å²) in [6.07, 6.45) is 0.963. The second-order valence-corrected chi connectivity index (χ2v) is 8.35. The van der Waals surface area contributed by atoms with Gasteiger partial charge in [0.1, 0.15) is 12.4 Å². The number of nitrogens with one attached hydrogen (secondary N) is 1. The molecule has 0 saturated heterocycles. The van der Waals surface area contributed by atoms with Crippen molar-refractivity contribution in [2.45, 2.75) is 24.7 Å². The van der Waals surface area contributed by atoms with E-state index < -0.39 is 0 Å². The molecule has 1 N–H and O–H groups in total.